The number of thiophene rings is 1. The number of rotatable bonds is 3. The van der Waals surface area contributed by atoms with E-state index in [2.05, 4.69) is 31.6 Å². The lowest BCUT2D eigenvalue weighted by Crippen LogP contribution is -2.41. The molecule has 32 heavy (non-hydrogen) atoms. The van der Waals surface area contributed by atoms with Crippen molar-refractivity contribution < 1.29 is 18.0 Å². The lowest BCUT2D eigenvalue weighted by molar-refractivity contribution is 0.0849. The molecular formula is C23H29N3O4S2. The minimum Gasteiger partial charge on any atom is -0.270 e. The molecule has 1 aromatic carbocycles. The first kappa shape index (κ1) is 22.8. The van der Waals surface area contributed by atoms with Crippen LogP contribution in [0.25, 0.3) is 0 Å². The molecule has 7 nitrogen and oxygen atoms in total. The summed E-state index contributed by atoms with van der Waals surface area (Å²) in [6.45, 7) is 7.23. The Bertz CT molecular complexity index is 1130. The number of anilines is 1. The van der Waals surface area contributed by atoms with Crippen LogP contribution in [0.15, 0.2) is 30.3 Å². The Hall–Kier alpha value is -2.39. The van der Waals surface area contributed by atoms with Crippen LogP contribution in [-0.4, -0.2) is 32.5 Å². The van der Waals surface area contributed by atoms with E-state index in [1.54, 1.807) is 24.3 Å². The molecule has 2 N–H and O–H groups in total. The van der Waals surface area contributed by atoms with Crippen LogP contribution in [0, 0.1) is 11.3 Å². The molecule has 0 saturated carbocycles. The second-order valence-corrected chi connectivity index (χ2v) is 12.7. The summed E-state index contributed by atoms with van der Waals surface area (Å²) in [5.41, 5.74) is 7.31. The zero-order valence-corrected chi connectivity index (χ0v) is 20.2. The number of carbonyl (C=O) groups is 2. The van der Waals surface area contributed by atoms with Crippen LogP contribution in [0.4, 0.5) is 5.69 Å². The predicted octanol–water partition coefficient (Wildman–Crippen LogP) is 3.51. The first-order chi connectivity index (χ1) is 15.0. The molecule has 1 atom stereocenters. The molecule has 0 spiro atoms. The lowest BCUT2D eigenvalue weighted by atomic mass is 9.72. The van der Waals surface area contributed by atoms with Gasteiger partial charge in [0.1, 0.15) is 0 Å². The summed E-state index contributed by atoms with van der Waals surface area (Å²) < 4.78 is 25.4. The van der Waals surface area contributed by atoms with Crippen molar-refractivity contribution in [2.24, 2.45) is 11.3 Å². The smallest absolute Gasteiger partial charge is 0.270 e. The van der Waals surface area contributed by atoms with Crippen molar-refractivity contribution >= 4 is 38.9 Å². The molecule has 172 valence electrons. The largest absolute Gasteiger partial charge is 0.279 e. The second-order valence-electron chi connectivity index (χ2n) is 9.56. The fraction of sp³-hybridized carbons (Fsp3) is 0.478. The van der Waals surface area contributed by atoms with Gasteiger partial charge in [-0.05, 0) is 72.9 Å². The number of nitrogens with one attached hydrogen (secondary N) is 2. The first-order valence-corrected chi connectivity index (χ1v) is 13.3. The third kappa shape index (κ3) is 4.68. The maximum atomic E-state index is 12.6. The average Bonchev–Trinajstić information content (AvgIpc) is 3.33. The van der Waals surface area contributed by atoms with Gasteiger partial charge in [0, 0.05) is 17.0 Å². The standard InChI is InChI=1S/C23H29N3O4S2/c1-23(2,3)17-7-10-19-16(13-17)14-20(31-19)22(28)25-24-21(27)15-5-8-18(9-6-15)26-11-4-12-32(26,29)30/h5-6,8-9,14,17H,4,7,10-13H2,1-3H3,(H,24,27)(H,25,28). The molecule has 2 heterocycles. The number of hydrogen-bond acceptors (Lipinski definition) is 5. The van der Waals surface area contributed by atoms with E-state index in [0.29, 0.717) is 35.0 Å². The van der Waals surface area contributed by atoms with E-state index < -0.39 is 15.9 Å². The zero-order valence-electron chi connectivity index (χ0n) is 18.6. The van der Waals surface area contributed by atoms with Gasteiger partial charge >= 0.3 is 0 Å². The fourth-order valence-electron chi connectivity index (χ4n) is 4.33. The SMILES string of the molecule is CC(C)(C)C1CCc2sc(C(=O)NNC(=O)c3ccc(N4CCCS4(=O)=O)cc3)cc2C1. The molecule has 0 bridgehead atoms. The Kier molecular flexibility index (Phi) is 6.06. The van der Waals surface area contributed by atoms with Crippen LogP contribution in [0.2, 0.25) is 0 Å². The number of aryl methyl sites for hydroxylation is 1. The molecule has 1 aliphatic carbocycles. The minimum atomic E-state index is -3.26. The quantitative estimate of drug-likeness (QED) is 0.664. The average molecular weight is 476 g/mol. The van der Waals surface area contributed by atoms with Gasteiger partial charge in [0.25, 0.3) is 11.8 Å². The van der Waals surface area contributed by atoms with Crippen molar-refractivity contribution in [1.82, 2.24) is 10.9 Å². The van der Waals surface area contributed by atoms with Gasteiger partial charge < -0.3 is 0 Å². The number of carbonyl (C=O) groups excluding carboxylic acids is 2. The maximum absolute atomic E-state index is 12.6. The van der Waals surface area contributed by atoms with Gasteiger partial charge in [0.2, 0.25) is 10.0 Å². The summed E-state index contributed by atoms with van der Waals surface area (Å²) >= 11 is 1.49. The molecule has 1 aromatic heterocycles. The van der Waals surface area contributed by atoms with E-state index in [0.717, 1.165) is 19.3 Å². The summed E-state index contributed by atoms with van der Waals surface area (Å²) in [5, 5.41) is 0. The number of amides is 2. The van der Waals surface area contributed by atoms with Gasteiger partial charge in [-0.25, -0.2) is 8.42 Å². The van der Waals surface area contributed by atoms with Crippen LogP contribution in [0.3, 0.4) is 0 Å². The Morgan fingerprint density at radius 1 is 1.09 bits per heavy atom. The Morgan fingerprint density at radius 3 is 2.41 bits per heavy atom. The van der Waals surface area contributed by atoms with Gasteiger partial charge in [0.05, 0.1) is 16.3 Å². The van der Waals surface area contributed by atoms with Gasteiger partial charge in [0.15, 0.2) is 0 Å². The lowest BCUT2D eigenvalue weighted by Gasteiger charge is -2.33. The van der Waals surface area contributed by atoms with Crippen molar-refractivity contribution in [1.29, 1.82) is 0 Å². The Labute approximate surface area is 193 Å². The molecule has 2 aromatic rings. The van der Waals surface area contributed by atoms with Crippen LogP contribution in [-0.2, 0) is 22.9 Å². The van der Waals surface area contributed by atoms with Crippen molar-refractivity contribution in [3.63, 3.8) is 0 Å². The van der Waals surface area contributed by atoms with Gasteiger partial charge in [-0.1, -0.05) is 20.8 Å². The summed E-state index contributed by atoms with van der Waals surface area (Å²) in [6.07, 6.45) is 3.69. The number of sulfonamides is 1. The highest BCUT2D eigenvalue weighted by molar-refractivity contribution is 7.93. The molecule has 0 radical (unpaired) electrons. The summed E-state index contributed by atoms with van der Waals surface area (Å²) in [6, 6.07) is 8.28. The third-order valence-electron chi connectivity index (χ3n) is 6.34. The molecule has 1 unspecified atom stereocenters. The van der Waals surface area contributed by atoms with Crippen molar-refractivity contribution in [3.05, 3.63) is 51.2 Å². The number of hydrogen-bond donors (Lipinski definition) is 2. The van der Waals surface area contributed by atoms with E-state index in [1.807, 2.05) is 6.07 Å². The normalized spacial score (nSPS) is 20.0. The van der Waals surface area contributed by atoms with Crippen molar-refractivity contribution in [2.45, 2.75) is 46.5 Å². The first-order valence-electron chi connectivity index (χ1n) is 10.9. The maximum Gasteiger partial charge on any atom is 0.279 e. The molecule has 1 aliphatic heterocycles. The van der Waals surface area contributed by atoms with Gasteiger partial charge in [-0.2, -0.15) is 0 Å². The summed E-state index contributed by atoms with van der Waals surface area (Å²) in [7, 11) is -3.26. The summed E-state index contributed by atoms with van der Waals surface area (Å²) in [5.74, 6) is -0.0450. The predicted molar refractivity (Wildman–Crippen MR) is 126 cm³/mol. The number of benzene rings is 1. The van der Waals surface area contributed by atoms with Crippen molar-refractivity contribution in [3.8, 4) is 0 Å². The van der Waals surface area contributed by atoms with E-state index >= 15 is 0 Å². The van der Waals surface area contributed by atoms with Crippen LogP contribution in [0.5, 0.6) is 0 Å². The topological polar surface area (TPSA) is 95.6 Å². The fourth-order valence-corrected chi connectivity index (χ4v) is 7.00. The zero-order chi connectivity index (χ0) is 23.1. The second kappa shape index (κ2) is 8.51. The van der Waals surface area contributed by atoms with Crippen molar-refractivity contribution in [2.75, 3.05) is 16.6 Å². The monoisotopic (exact) mass is 475 g/mol. The van der Waals surface area contributed by atoms with Crippen LogP contribution >= 0.6 is 11.3 Å². The van der Waals surface area contributed by atoms with Crippen LogP contribution in [0.1, 0.15) is 64.1 Å². The molecule has 1 saturated heterocycles. The molecule has 1 fully saturated rings. The molecular weight excluding hydrogens is 446 g/mol. The molecule has 4 rings (SSSR count). The Balaban J connectivity index is 1.36. The van der Waals surface area contributed by atoms with E-state index in [1.165, 1.54) is 26.1 Å². The van der Waals surface area contributed by atoms with E-state index in [-0.39, 0.29) is 17.1 Å². The molecule has 2 aliphatic rings. The number of fused-ring (bicyclic) bond motifs is 1. The minimum absolute atomic E-state index is 0.143. The van der Waals surface area contributed by atoms with E-state index in [4.69, 9.17) is 0 Å². The van der Waals surface area contributed by atoms with Gasteiger partial charge in [-0.15, -0.1) is 11.3 Å². The summed E-state index contributed by atoms with van der Waals surface area (Å²) in [4.78, 5) is 26.9. The van der Waals surface area contributed by atoms with E-state index in [9.17, 15) is 18.0 Å². The highest BCUT2D eigenvalue weighted by Crippen LogP contribution is 2.40. The number of hydrazine groups is 1. The van der Waals surface area contributed by atoms with Crippen LogP contribution < -0.4 is 15.2 Å². The Morgan fingerprint density at radius 2 is 1.78 bits per heavy atom. The van der Waals surface area contributed by atoms with Gasteiger partial charge in [-0.3, -0.25) is 24.7 Å². The number of nitrogens with zero attached hydrogens (tertiary/aromatic N) is 1. The third-order valence-corrected chi connectivity index (χ3v) is 9.44. The molecule has 2 amide bonds. The highest BCUT2D eigenvalue weighted by atomic mass is 32.2. The molecule has 9 heteroatoms. The highest BCUT2D eigenvalue weighted by Gasteiger charge is 2.31.